The van der Waals surface area contributed by atoms with Crippen LogP contribution in [0.4, 0.5) is 0 Å². The van der Waals surface area contributed by atoms with Gasteiger partial charge in [-0.3, -0.25) is 10.2 Å². The lowest BCUT2D eigenvalue weighted by atomic mass is 9.94. The number of carbonyl (C=O) groups excluding carboxylic acids is 1. The van der Waals surface area contributed by atoms with Gasteiger partial charge in [0.1, 0.15) is 0 Å². The molecule has 5 nitrogen and oxygen atoms in total. The van der Waals surface area contributed by atoms with Gasteiger partial charge in [-0.05, 0) is 20.8 Å². The van der Waals surface area contributed by atoms with Crippen LogP contribution in [0.3, 0.4) is 0 Å². The highest BCUT2D eigenvalue weighted by Crippen LogP contribution is 2.14. The zero-order valence-corrected chi connectivity index (χ0v) is 9.13. The zero-order valence-electron chi connectivity index (χ0n) is 9.13. The van der Waals surface area contributed by atoms with E-state index in [-0.39, 0.29) is 5.91 Å². The number of hydrogen-bond acceptors (Lipinski definition) is 4. The van der Waals surface area contributed by atoms with Crippen molar-refractivity contribution in [2.45, 2.75) is 20.8 Å². The zero-order chi connectivity index (χ0) is 11.0. The Labute approximate surface area is 84.9 Å². The summed E-state index contributed by atoms with van der Waals surface area (Å²) in [5.41, 5.74) is 1.51. The van der Waals surface area contributed by atoms with Crippen LogP contribution in [-0.2, 0) is 14.3 Å². The van der Waals surface area contributed by atoms with E-state index in [1.165, 1.54) is 0 Å². The predicted octanol–water partition coefficient (Wildman–Crippen LogP) is 0.0556. The molecule has 0 aromatic rings. The van der Waals surface area contributed by atoms with Gasteiger partial charge in [-0.15, -0.1) is 0 Å². The smallest absolute Gasteiger partial charge is 0.241 e. The quantitative estimate of drug-likeness (QED) is 0.266. The molecule has 5 heteroatoms. The van der Waals surface area contributed by atoms with Crippen molar-refractivity contribution in [1.29, 1.82) is 0 Å². The van der Waals surface area contributed by atoms with E-state index < -0.39 is 5.41 Å². The molecular weight excluding hydrogens is 184 g/mol. The van der Waals surface area contributed by atoms with Gasteiger partial charge in [-0.1, -0.05) is 0 Å². The number of amides is 1. The molecule has 3 N–H and O–H groups in total. The molecule has 0 fully saturated rings. The largest absolute Gasteiger partial charge is 0.379 e. The summed E-state index contributed by atoms with van der Waals surface area (Å²) in [5, 5.41) is 0. The number of ether oxygens (including phenoxy) is 2. The number of nitrogens with one attached hydrogen (secondary N) is 1. The third kappa shape index (κ3) is 5.16. The van der Waals surface area contributed by atoms with Crippen LogP contribution in [-0.4, -0.2) is 32.3 Å². The fourth-order valence-electron chi connectivity index (χ4n) is 0.850. The Morgan fingerprint density at radius 2 is 1.93 bits per heavy atom. The third-order valence-electron chi connectivity index (χ3n) is 1.78. The van der Waals surface area contributed by atoms with Crippen LogP contribution in [0.5, 0.6) is 0 Å². The average Bonchev–Trinajstić information content (AvgIpc) is 2.16. The van der Waals surface area contributed by atoms with Crippen molar-refractivity contribution in [2.24, 2.45) is 11.3 Å². The molecule has 1 amide bonds. The normalized spacial score (nSPS) is 11.4. The van der Waals surface area contributed by atoms with E-state index >= 15 is 0 Å². The van der Waals surface area contributed by atoms with Crippen LogP contribution in [0.15, 0.2) is 0 Å². The maximum Gasteiger partial charge on any atom is 0.241 e. The summed E-state index contributed by atoms with van der Waals surface area (Å²) in [4.78, 5) is 11.2. The Balaban J connectivity index is 3.60. The highest BCUT2D eigenvalue weighted by molar-refractivity contribution is 5.81. The van der Waals surface area contributed by atoms with E-state index in [1.807, 2.05) is 6.92 Å². The molecule has 0 aromatic carbocycles. The Morgan fingerprint density at radius 3 is 2.43 bits per heavy atom. The number of rotatable bonds is 7. The summed E-state index contributed by atoms with van der Waals surface area (Å²) in [6.45, 7) is 7.53. The third-order valence-corrected chi connectivity index (χ3v) is 1.78. The van der Waals surface area contributed by atoms with E-state index in [9.17, 15) is 4.79 Å². The van der Waals surface area contributed by atoms with Gasteiger partial charge >= 0.3 is 0 Å². The first-order valence-electron chi connectivity index (χ1n) is 4.71. The molecule has 0 atom stereocenters. The number of hydrogen-bond donors (Lipinski definition) is 2. The van der Waals surface area contributed by atoms with Gasteiger partial charge in [0.25, 0.3) is 0 Å². The predicted molar refractivity (Wildman–Crippen MR) is 53.4 cm³/mol. The van der Waals surface area contributed by atoms with Gasteiger partial charge in [0, 0.05) is 6.61 Å². The van der Waals surface area contributed by atoms with Crippen molar-refractivity contribution in [3.8, 4) is 0 Å². The summed E-state index contributed by atoms with van der Waals surface area (Å²) in [7, 11) is 0. The first-order chi connectivity index (χ1) is 6.54. The maximum absolute atomic E-state index is 11.2. The van der Waals surface area contributed by atoms with Gasteiger partial charge in [-0.25, -0.2) is 5.84 Å². The van der Waals surface area contributed by atoms with Gasteiger partial charge in [0.2, 0.25) is 5.91 Å². The molecule has 0 rings (SSSR count). The van der Waals surface area contributed by atoms with E-state index in [1.54, 1.807) is 13.8 Å². The SMILES string of the molecule is CCOCCOCC(C)(C)C(=O)NN. The Morgan fingerprint density at radius 1 is 1.36 bits per heavy atom. The molecule has 0 saturated heterocycles. The number of hydrazine groups is 1. The highest BCUT2D eigenvalue weighted by Gasteiger charge is 2.26. The van der Waals surface area contributed by atoms with E-state index in [0.717, 1.165) is 0 Å². The van der Waals surface area contributed by atoms with Gasteiger partial charge in [0.15, 0.2) is 0 Å². The Kier molecular flexibility index (Phi) is 6.44. The Bertz CT molecular complexity index is 171. The second kappa shape index (κ2) is 6.75. The fraction of sp³-hybridized carbons (Fsp3) is 0.889. The molecule has 0 unspecified atom stereocenters. The van der Waals surface area contributed by atoms with Crippen LogP contribution in [0, 0.1) is 5.41 Å². The van der Waals surface area contributed by atoms with Crippen LogP contribution >= 0.6 is 0 Å². The second-order valence-electron chi connectivity index (χ2n) is 3.61. The molecule has 0 aliphatic rings. The molecule has 84 valence electrons. The monoisotopic (exact) mass is 204 g/mol. The number of carbonyl (C=O) groups is 1. The van der Waals surface area contributed by atoms with Crippen LogP contribution in [0.2, 0.25) is 0 Å². The molecule has 14 heavy (non-hydrogen) atoms. The number of nitrogens with two attached hydrogens (primary N) is 1. The van der Waals surface area contributed by atoms with Gasteiger partial charge in [-0.2, -0.15) is 0 Å². The molecular formula is C9H20N2O3. The van der Waals surface area contributed by atoms with Crippen molar-refractivity contribution >= 4 is 5.91 Å². The molecule has 0 bridgehead atoms. The second-order valence-corrected chi connectivity index (χ2v) is 3.61. The molecule has 0 aliphatic carbocycles. The first-order valence-corrected chi connectivity index (χ1v) is 4.71. The van der Waals surface area contributed by atoms with E-state index in [4.69, 9.17) is 15.3 Å². The standard InChI is InChI=1S/C9H20N2O3/c1-4-13-5-6-14-7-9(2,3)8(12)11-10/h4-7,10H2,1-3H3,(H,11,12). The molecule has 0 aliphatic heterocycles. The van der Waals surface area contributed by atoms with Crippen molar-refractivity contribution in [3.05, 3.63) is 0 Å². The Hall–Kier alpha value is -0.650. The van der Waals surface area contributed by atoms with Gasteiger partial charge < -0.3 is 9.47 Å². The van der Waals surface area contributed by atoms with Crippen molar-refractivity contribution < 1.29 is 14.3 Å². The maximum atomic E-state index is 11.2. The van der Waals surface area contributed by atoms with Crippen LogP contribution in [0.25, 0.3) is 0 Å². The molecule has 0 radical (unpaired) electrons. The topological polar surface area (TPSA) is 73.6 Å². The molecule has 0 heterocycles. The first kappa shape index (κ1) is 13.4. The average molecular weight is 204 g/mol. The molecule has 0 aromatic heterocycles. The van der Waals surface area contributed by atoms with Gasteiger partial charge in [0.05, 0.1) is 25.2 Å². The molecule has 0 spiro atoms. The summed E-state index contributed by atoms with van der Waals surface area (Å²) >= 11 is 0. The minimum Gasteiger partial charge on any atom is -0.379 e. The lowest BCUT2D eigenvalue weighted by Crippen LogP contribution is -2.43. The highest BCUT2D eigenvalue weighted by atomic mass is 16.5. The lowest BCUT2D eigenvalue weighted by Gasteiger charge is -2.21. The fourth-order valence-corrected chi connectivity index (χ4v) is 0.850. The van der Waals surface area contributed by atoms with E-state index in [2.05, 4.69) is 5.43 Å². The summed E-state index contributed by atoms with van der Waals surface area (Å²) in [6.07, 6.45) is 0. The lowest BCUT2D eigenvalue weighted by molar-refractivity contribution is -0.133. The van der Waals surface area contributed by atoms with Crippen molar-refractivity contribution in [3.63, 3.8) is 0 Å². The van der Waals surface area contributed by atoms with Crippen molar-refractivity contribution in [1.82, 2.24) is 5.43 Å². The van der Waals surface area contributed by atoms with E-state index in [0.29, 0.717) is 26.4 Å². The summed E-state index contributed by atoms with van der Waals surface area (Å²) < 4.78 is 10.4. The minimum atomic E-state index is -0.596. The van der Waals surface area contributed by atoms with Crippen molar-refractivity contribution in [2.75, 3.05) is 26.4 Å². The molecule has 0 saturated carbocycles. The van der Waals surface area contributed by atoms with Crippen LogP contribution in [0.1, 0.15) is 20.8 Å². The van der Waals surface area contributed by atoms with Crippen LogP contribution < -0.4 is 11.3 Å². The minimum absolute atomic E-state index is 0.228. The summed E-state index contributed by atoms with van der Waals surface area (Å²) in [5.74, 6) is 4.80. The summed E-state index contributed by atoms with van der Waals surface area (Å²) in [6, 6.07) is 0.